The lowest BCUT2D eigenvalue weighted by atomic mass is 10.2. The summed E-state index contributed by atoms with van der Waals surface area (Å²) in [4.78, 5) is -0.0520. The van der Waals surface area contributed by atoms with Crippen molar-refractivity contribution in [1.82, 2.24) is 5.16 Å². The molecule has 0 fully saturated rings. The van der Waals surface area contributed by atoms with Crippen molar-refractivity contribution in [2.45, 2.75) is 23.8 Å². The number of nitrogens with zero attached hydrogens (tertiary/aromatic N) is 2. The molecule has 0 unspecified atom stereocenters. The Labute approximate surface area is 97.9 Å². The SMILES string of the molecule is Cc1ccc(S(=O)(=O)c2c(C)no[n+]2[O-])cc1. The fraction of sp³-hybridized carbons (Fsp3) is 0.200. The summed E-state index contributed by atoms with van der Waals surface area (Å²) in [6.45, 7) is 3.24. The van der Waals surface area contributed by atoms with Crippen LogP contribution >= 0.6 is 0 Å². The van der Waals surface area contributed by atoms with Crippen molar-refractivity contribution in [3.63, 3.8) is 0 Å². The van der Waals surface area contributed by atoms with Crippen molar-refractivity contribution in [1.29, 1.82) is 0 Å². The molecule has 90 valence electrons. The second-order valence-electron chi connectivity index (χ2n) is 3.64. The molecule has 0 aliphatic carbocycles. The molecule has 17 heavy (non-hydrogen) atoms. The lowest BCUT2D eigenvalue weighted by Crippen LogP contribution is -2.31. The average molecular weight is 254 g/mol. The second kappa shape index (κ2) is 3.85. The molecule has 1 heterocycles. The third kappa shape index (κ3) is 1.89. The van der Waals surface area contributed by atoms with Crippen LogP contribution in [-0.4, -0.2) is 13.6 Å². The van der Waals surface area contributed by atoms with Crippen molar-refractivity contribution in [3.05, 3.63) is 40.7 Å². The molecule has 0 amide bonds. The summed E-state index contributed by atoms with van der Waals surface area (Å²) in [6.07, 6.45) is 0. The van der Waals surface area contributed by atoms with Crippen LogP contribution in [0.25, 0.3) is 0 Å². The first kappa shape index (κ1) is 11.6. The number of hydrogen-bond donors (Lipinski definition) is 0. The fourth-order valence-electron chi connectivity index (χ4n) is 1.43. The molecule has 1 aromatic carbocycles. The van der Waals surface area contributed by atoms with E-state index < -0.39 is 14.9 Å². The normalized spacial score (nSPS) is 11.6. The van der Waals surface area contributed by atoms with Crippen molar-refractivity contribution in [2.24, 2.45) is 0 Å². The van der Waals surface area contributed by atoms with Crippen molar-refractivity contribution in [3.8, 4) is 0 Å². The van der Waals surface area contributed by atoms with E-state index in [9.17, 15) is 13.6 Å². The molecule has 0 radical (unpaired) electrons. The van der Waals surface area contributed by atoms with Crippen LogP contribution in [0.2, 0.25) is 0 Å². The Morgan fingerprint density at radius 3 is 2.29 bits per heavy atom. The lowest BCUT2D eigenvalue weighted by molar-refractivity contribution is -0.832. The minimum absolute atomic E-state index is 0.0407. The van der Waals surface area contributed by atoms with Gasteiger partial charge in [0.15, 0.2) is 0 Å². The van der Waals surface area contributed by atoms with E-state index in [1.54, 1.807) is 12.1 Å². The average Bonchev–Trinajstić information content (AvgIpc) is 2.59. The van der Waals surface area contributed by atoms with E-state index >= 15 is 0 Å². The smallest absolute Gasteiger partial charge is 0.316 e. The summed E-state index contributed by atoms with van der Waals surface area (Å²) in [6, 6.07) is 6.20. The largest absolute Gasteiger partial charge is 0.358 e. The molecule has 0 spiro atoms. The Balaban J connectivity index is 2.62. The van der Waals surface area contributed by atoms with Crippen LogP contribution in [0.5, 0.6) is 0 Å². The van der Waals surface area contributed by atoms with Gasteiger partial charge in [-0.3, -0.25) is 4.63 Å². The molecular weight excluding hydrogens is 244 g/mol. The van der Waals surface area contributed by atoms with Gasteiger partial charge in [0.25, 0.3) is 9.84 Å². The molecule has 7 heteroatoms. The zero-order valence-electron chi connectivity index (χ0n) is 9.25. The monoisotopic (exact) mass is 254 g/mol. The number of aryl methyl sites for hydroxylation is 2. The van der Waals surface area contributed by atoms with Crippen LogP contribution in [0.3, 0.4) is 0 Å². The van der Waals surface area contributed by atoms with Crippen LogP contribution in [0.1, 0.15) is 11.3 Å². The highest BCUT2D eigenvalue weighted by molar-refractivity contribution is 7.91. The van der Waals surface area contributed by atoms with Crippen LogP contribution in [-0.2, 0) is 9.84 Å². The lowest BCUT2D eigenvalue weighted by Gasteiger charge is -2.01. The maximum atomic E-state index is 12.1. The van der Waals surface area contributed by atoms with Crippen molar-refractivity contribution < 1.29 is 17.9 Å². The molecule has 0 aliphatic heterocycles. The molecule has 2 aromatic rings. The highest BCUT2D eigenvalue weighted by Gasteiger charge is 2.31. The Morgan fingerprint density at radius 2 is 1.82 bits per heavy atom. The van der Waals surface area contributed by atoms with Gasteiger partial charge in [-0.05, 0) is 24.0 Å². The third-order valence-corrected chi connectivity index (χ3v) is 4.16. The summed E-state index contributed by atoms with van der Waals surface area (Å²) in [5.41, 5.74) is 0.974. The zero-order chi connectivity index (χ0) is 12.6. The van der Waals surface area contributed by atoms with Crippen LogP contribution in [0.15, 0.2) is 38.8 Å². The number of aromatic nitrogens is 2. The maximum Gasteiger partial charge on any atom is 0.316 e. The summed E-state index contributed by atoms with van der Waals surface area (Å²) < 4.78 is 28.5. The highest BCUT2D eigenvalue weighted by Crippen LogP contribution is 2.20. The maximum absolute atomic E-state index is 12.1. The standard InChI is InChI=1S/C10H10N2O4S/c1-7-3-5-9(6-4-7)17(14,15)10-8(2)11-16-12(10)13/h3-6H,1-2H3. The van der Waals surface area contributed by atoms with E-state index in [2.05, 4.69) is 9.79 Å². The van der Waals surface area contributed by atoms with E-state index in [0.29, 0.717) is 0 Å². The molecule has 0 saturated carbocycles. The summed E-state index contributed by atoms with van der Waals surface area (Å²) in [7, 11) is -3.88. The topological polar surface area (TPSA) is 87.1 Å². The van der Waals surface area contributed by atoms with Crippen LogP contribution in [0, 0.1) is 19.1 Å². The fourth-order valence-corrected chi connectivity index (χ4v) is 2.80. The Hall–Kier alpha value is -1.89. The quantitative estimate of drug-likeness (QED) is 0.738. The van der Waals surface area contributed by atoms with E-state index in [1.165, 1.54) is 19.1 Å². The van der Waals surface area contributed by atoms with Gasteiger partial charge in [0.05, 0.1) is 4.90 Å². The van der Waals surface area contributed by atoms with Crippen LogP contribution < -0.4 is 4.90 Å². The number of sulfone groups is 1. The van der Waals surface area contributed by atoms with Gasteiger partial charge in [-0.15, -0.1) is 0 Å². The Kier molecular flexibility index (Phi) is 2.62. The highest BCUT2D eigenvalue weighted by atomic mass is 32.2. The van der Waals surface area contributed by atoms with Crippen LogP contribution in [0.4, 0.5) is 0 Å². The van der Waals surface area contributed by atoms with Gasteiger partial charge in [-0.2, -0.15) is 0 Å². The predicted molar refractivity (Wildman–Crippen MR) is 56.8 cm³/mol. The van der Waals surface area contributed by atoms with Gasteiger partial charge in [-0.25, -0.2) is 8.42 Å². The predicted octanol–water partition coefficient (Wildman–Crippen LogP) is 0.758. The molecule has 0 atom stereocenters. The number of rotatable bonds is 2. The molecule has 1 aromatic heterocycles. The molecule has 2 rings (SSSR count). The molecule has 0 bridgehead atoms. The molecular formula is C10H10N2O4S. The van der Waals surface area contributed by atoms with Gasteiger partial charge in [0, 0.05) is 12.1 Å². The van der Waals surface area contributed by atoms with Crippen molar-refractivity contribution in [2.75, 3.05) is 0 Å². The van der Waals surface area contributed by atoms with E-state index in [1.807, 2.05) is 6.92 Å². The molecule has 0 saturated heterocycles. The van der Waals surface area contributed by atoms with Gasteiger partial charge < -0.3 is 5.21 Å². The Bertz CT molecular complexity index is 624. The minimum atomic E-state index is -3.88. The van der Waals surface area contributed by atoms with Gasteiger partial charge >= 0.3 is 5.03 Å². The minimum Gasteiger partial charge on any atom is -0.358 e. The first-order valence-electron chi connectivity index (χ1n) is 4.81. The van der Waals surface area contributed by atoms with E-state index in [-0.39, 0.29) is 15.5 Å². The Morgan fingerprint density at radius 1 is 1.24 bits per heavy atom. The van der Waals surface area contributed by atoms with Gasteiger partial charge in [0.2, 0.25) is 5.69 Å². The first-order chi connectivity index (χ1) is 7.93. The van der Waals surface area contributed by atoms with E-state index in [4.69, 9.17) is 0 Å². The zero-order valence-corrected chi connectivity index (χ0v) is 10.1. The number of benzene rings is 1. The first-order valence-corrected chi connectivity index (χ1v) is 6.29. The van der Waals surface area contributed by atoms with Gasteiger partial charge in [-0.1, -0.05) is 17.7 Å². The summed E-state index contributed by atoms with van der Waals surface area (Å²) in [5, 5.41) is 14.1. The number of hydrogen-bond acceptors (Lipinski definition) is 5. The second-order valence-corrected chi connectivity index (χ2v) is 5.50. The summed E-state index contributed by atoms with van der Waals surface area (Å²) >= 11 is 0. The summed E-state index contributed by atoms with van der Waals surface area (Å²) in [5.74, 6) is 0. The molecule has 0 aliphatic rings. The molecule has 0 N–H and O–H groups in total. The van der Waals surface area contributed by atoms with E-state index in [0.717, 1.165) is 5.56 Å². The molecule has 6 nitrogen and oxygen atoms in total. The van der Waals surface area contributed by atoms with Crippen molar-refractivity contribution >= 4 is 9.84 Å². The van der Waals surface area contributed by atoms with Gasteiger partial charge in [0.1, 0.15) is 0 Å². The third-order valence-electron chi connectivity index (χ3n) is 2.31.